The van der Waals surface area contributed by atoms with Crippen molar-refractivity contribution < 1.29 is 19.1 Å². The standard InChI is InChI=1S/C24H36N2O4/c1-8-24(6,7)21(27)26-13-14-29-19-15-17-9-11-25(22(28)30-23(3,4)5)12-10-18(17)16(2)20(19)26/h15H,8-14H2,1-7H3. The van der Waals surface area contributed by atoms with Gasteiger partial charge < -0.3 is 19.3 Å². The van der Waals surface area contributed by atoms with E-state index in [2.05, 4.69) is 13.0 Å². The van der Waals surface area contributed by atoms with Crippen LogP contribution in [0.5, 0.6) is 5.75 Å². The van der Waals surface area contributed by atoms with Crippen molar-refractivity contribution in [1.29, 1.82) is 0 Å². The highest BCUT2D eigenvalue weighted by molar-refractivity contribution is 5.99. The van der Waals surface area contributed by atoms with Gasteiger partial charge in [0.15, 0.2) is 0 Å². The highest BCUT2D eigenvalue weighted by Gasteiger charge is 2.36. The van der Waals surface area contributed by atoms with Crippen LogP contribution in [-0.4, -0.2) is 48.7 Å². The van der Waals surface area contributed by atoms with Gasteiger partial charge in [-0.05, 0) is 69.7 Å². The number of rotatable bonds is 2. The van der Waals surface area contributed by atoms with E-state index in [1.165, 1.54) is 11.1 Å². The number of carbonyl (C=O) groups excluding carboxylic acids is 2. The van der Waals surface area contributed by atoms with E-state index >= 15 is 0 Å². The largest absolute Gasteiger partial charge is 0.490 e. The lowest BCUT2D eigenvalue weighted by Gasteiger charge is -2.37. The molecule has 0 fully saturated rings. The van der Waals surface area contributed by atoms with E-state index < -0.39 is 11.0 Å². The van der Waals surface area contributed by atoms with Gasteiger partial charge in [-0.1, -0.05) is 20.8 Å². The average Bonchev–Trinajstić information content (AvgIpc) is 2.88. The summed E-state index contributed by atoms with van der Waals surface area (Å²) in [7, 11) is 0. The summed E-state index contributed by atoms with van der Waals surface area (Å²) in [6.45, 7) is 16.1. The molecule has 2 amide bonds. The first-order chi connectivity index (χ1) is 13.9. The Labute approximate surface area is 180 Å². The summed E-state index contributed by atoms with van der Waals surface area (Å²) in [6, 6.07) is 2.08. The Bertz CT molecular complexity index is 839. The fourth-order valence-corrected chi connectivity index (χ4v) is 4.10. The Morgan fingerprint density at radius 3 is 2.40 bits per heavy atom. The van der Waals surface area contributed by atoms with Crippen LogP contribution in [0.1, 0.15) is 64.7 Å². The molecule has 0 bridgehead atoms. The predicted octanol–water partition coefficient (Wildman–Crippen LogP) is 4.49. The summed E-state index contributed by atoms with van der Waals surface area (Å²) in [5, 5.41) is 0. The summed E-state index contributed by atoms with van der Waals surface area (Å²) in [5.74, 6) is 0.921. The molecule has 0 N–H and O–H groups in total. The molecule has 2 heterocycles. The van der Waals surface area contributed by atoms with Crippen molar-refractivity contribution in [3.63, 3.8) is 0 Å². The number of ether oxygens (including phenoxy) is 2. The van der Waals surface area contributed by atoms with E-state index in [4.69, 9.17) is 9.47 Å². The Morgan fingerprint density at radius 1 is 1.10 bits per heavy atom. The van der Waals surface area contributed by atoms with E-state index in [0.717, 1.165) is 36.3 Å². The molecule has 2 aliphatic rings. The van der Waals surface area contributed by atoms with E-state index in [0.29, 0.717) is 26.2 Å². The molecule has 2 aliphatic heterocycles. The van der Waals surface area contributed by atoms with Crippen LogP contribution >= 0.6 is 0 Å². The van der Waals surface area contributed by atoms with Crippen molar-refractivity contribution in [2.24, 2.45) is 5.41 Å². The molecule has 166 valence electrons. The maximum Gasteiger partial charge on any atom is 0.410 e. The molecule has 0 spiro atoms. The van der Waals surface area contributed by atoms with Crippen molar-refractivity contribution in [3.05, 3.63) is 22.8 Å². The van der Waals surface area contributed by atoms with E-state index in [-0.39, 0.29) is 12.0 Å². The molecule has 6 heteroatoms. The molecule has 0 saturated carbocycles. The number of benzene rings is 1. The van der Waals surface area contributed by atoms with Crippen LogP contribution in [0, 0.1) is 12.3 Å². The number of amides is 2. The number of hydrogen-bond acceptors (Lipinski definition) is 4. The van der Waals surface area contributed by atoms with Gasteiger partial charge in [-0.15, -0.1) is 0 Å². The molecule has 0 saturated heterocycles. The second-order valence-corrected chi connectivity index (χ2v) is 10.00. The summed E-state index contributed by atoms with van der Waals surface area (Å²) in [6.07, 6.45) is 2.01. The first kappa shape index (κ1) is 22.4. The zero-order valence-corrected chi connectivity index (χ0v) is 19.6. The summed E-state index contributed by atoms with van der Waals surface area (Å²) in [5.41, 5.74) is 3.48. The monoisotopic (exact) mass is 416 g/mol. The molecule has 6 nitrogen and oxygen atoms in total. The number of nitrogens with zero attached hydrogens (tertiary/aromatic N) is 2. The van der Waals surface area contributed by atoms with Crippen molar-refractivity contribution in [1.82, 2.24) is 4.90 Å². The third kappa shape index (κ3) is 4.42. The van der Waals surface area contributed by atoms with Gasteiger partial charge in [0.25, 0.3) is 0 Å². The minimum atomic E-state index is -0.508. The van der Waals surface area contributed by atoms with Gasteiger partial charge in [0.1, 0.15) is 18.0 Å². The zero-order chi connectivity index (χ0) is 22.3. The summed E-state index contributed by atoms with van der Waals surface area (Å²) < 4.78 is 11.5. The number of fused-ring (bicyclic) bond motifs is 2. The Morgan fingerprint density at radius 2 is 1.77 bits per heavy atom. The van der Waals surface area contributed by atoms with Crippen LogP contribution in [-0.2, 0) is 22.4 Å². The first-order valence-electron chi connectivity index (χ1n) is 11.0. The Hall–Kier alpha value is -2.24. The summed E-state index contributed by atoms with van der Waals surface area (Å²) >= 11 is 0. The molecule has 1 aromatic carbocycles. The van der Waals surface area contributed by atoms with Crippen molar-refractivity contribution >= 4 is 17.7 Å². The molecule has 0 unspecified atom stereocenters. The zero-order valence-electron chi connectivity index (χ0n) is 19.6. The number of hydrogen-bond donors (Lipinski definition) is 0. The summed E-state index contributed by atoms with van der Waals surface area (Å²) in [4.78, 5) is 29.5. The normalized spacial score (nSPS) is 16.9. The van der Waals surface area contributed by atoms with E-state index in [1.54, 1.807) is 4.90 Å². The fourth-order valence-electron chi connectivity index (χ4n) is 4.10. The van der Waals surface area contributed by atoms with Gasteiger partial charge in [-0.25, -0.2) is 4.79 Å². The molecular weight excluding hydrogens is 380 g/mol. The van der Waals surface area contributed by atoms with Crippen LogP contribution in [0.4, 0.5) is 10.5 Å². The van der Waals surface area contributed by atoms with Gasteiger partial charge in [-0.2, -0.15) is 0 Å². The second-order valence-electron chi connectivity index (χ2n) is 10.00. The SMILES string of the molecule is CCC(C)(C)C(=O)N1CCOc2cc3c(c(C)c21)CCN(C(=O)OC(C)(C)C)CC3. The second kappa shape index (κ2) is 8.12. The highest BCUT2D eigenvalue weighted by atomic mass is 16.6. The smallest absolute Gasteiger partial charge is 0.410 e. The minimum Gasteiger partial charge on any atom is -0.490 e. The third-order valence-electron chi connectivity index (χ3n) is 6.22. The lowest BCUT2D eigenvalue weighted by atomic mass is 9.87. The van der Waals surface area contributed by atoms with Gasteiger partial charge in [0, 0.05) is 18.5 Å². The Kier molecular flexibility index (Phi) is 6.08. The maximum atomic E-state index is 13.3. The highest BCUT2D eigenvalue weighted by Crippen LogP contribution is 2.41. The maximum absolute atomic E-state index is 13.3. The quantitative estimate of drug-likeness (QED) is 0.713. The number of carbonyl (C=O) groups is 2. The topological polar surface area (TPSA) is 59.1 Å². The van der Waals surface area contributed by atoms with Crippen molar-refractivity contribution in [2.75, 3.05) is 31.1 Å². The molecular formula is C24H36N2O4. The van der Waals surface area contributed by atoms with E-state index in [1.807, 2.05) is 46.4 Å². The van der Waals surface area contributed by atoms with Crippen molar-refractivity contribution in [3.8, 4) is 5.75 Å². The molecule has 0 radical (unpaired) electrons. The average molecular weight is 417 g/mol. The minimum absolute atomic E-state index is 0.140. The number of anilines is 1. The lowest BCUT2D eigenvalue weighted by molar-refractivity contribution is -0.127. The molecule has 0 aliphatic carbocycles. The van der Waals surface area contributed by atoms with Gasteiger partial charge >= 0.3 is 6.09 Å². The Balaban J connectivity index is 1.91. The first-order valence-corrected chi connectivity index (χ1v) is 11.0. The van der Waals surface area contributed by atoms with Crippen molar-refractivity contribution in [2.45, 2.75) is 73.3 Å². The van der Waals surface area contributed by atoms with Crippen LogP contribution in [0.2, 0.25) is 0 Å². The van der Waals surface area contributed by atoms with Crippen LogP contribution in [0.25, 0.3) is 0 Å². The van der Waals surface area contributed by atoms with Crippen LogP contribution < -0.4 is 9.64 Å². The fraction of sp³-hybridized carbons (Fsp3) is 0.667. The molecule has 3 rings (SSSR count). The van der Waals surface area contributed by atoms with Crippen LogP contribution in [0.3, 0.4) is 0 Å². The molecule has 0 atom stereocenters. The van der Waals surface area contributed by atoms with E-state index in [9.17, 15) is 9.59 Å². The molecule has 30 heavy (non-hydrogen) atoms. The predicted molar refractivity (Wildman–Crippen MR) is 118 cm³/mol. The van der Waals surface area contributed by atoms with Gasteiger partial charge in [0.2, 0.25) is 5.91 Å². The third-order valence-corrected chi connectivity index (χ3v) is 6.22. The van der Waals surface area contributed by atoms with Gasteiger partial charge in [0.05, 0.1) is 12.2 Å². The molecule has 1 aromatic rings. The lowest BCUT2D eigenvalue weighted by Crippen LogP contribution is -2.45. The van der Waals surface area contributed by atoms with Crippen LogP contribution in [0.15, 0.2) is 6.07 Å². The van der Waals surface area contributed by atoms with Gasteiger partial charge in [-0.3, -0.25) is 4.79 Å². The molecule has 0 aromatic heterocycles.